The number of halogens is 1. The van der Waals surface area contributed by atoms with Gasteiger partial charge in [-0.1, -0.05) is 29.8 Å². The predicted octanol–water partition coefficient (Wildman–Crippen LogP) is 2.61. The summed E-state index contributed by atoms with van der Waals surface area (Å²) in [5, 5.41) is 13.7. The van der Waals surface area contributed by atoms with Crippen LogP contribution in [0.5, 0.6) is 0 Å². The van der Waals surface area contributed by atoms with Crippen LogP contribution in [0.1, 0.15) is 11.5 Å². The first-order chi connectivity index (χ1) is 9.63. The van der Waals surface area contributed by atoms with Crippen LogP contribution in [0.25, 0.3) is 0 Å². The Morgan fingerprint density at radius 3 is 2.75 bits per heavy atom. The van der Waals surface area contributed by atoms with Gasteiger partial charge in [-0.2, -0.15) is 5.26 Å². The van der Waals surface area contributed by atoms with Gasteiger partial charge in [-0.05, 0) is 11.6 Å². The second kappa shape index (κ2) is 6.28. The van der Waals surface area contributed by atoms with Crippen LogP contribution in [-0.2, 0) is 9.59 Å². The number of amides is 1. The highest BCUT2D eigenvalue weighted by Gasteiger charge is 2.28. The molecule has 0 spiro atoms. The highest BCUT2D eigenvalue weighted by atomic mass is 35.5. The normalized spacial score (nSPS) is 11.4. The molecule has 1 aromatic carbocycles. The standard InChI is InChI=1S/C13H8ClN3O2S/c14-10-4-2-1-3-8(10)9(7-15)11(18)12(19)17-13-16-5-6-20-13/h1-6,9H,(H,16,17,19). The fourth-order valence-electron chi connectivity index (χ4n) is 1.55. The second-order valence-electron chi connectivity index (χ2n) is 3.74. The third-order valence-electron chi connectivity index (χ3n) is 2.48. The minimum atomic E-state index is -1.23. The molecule has 0 saturated heterocycles. The highest BCUT2D eigenvalue weighted by Crippen LogP contribution is 2.25. The topological polar surface area (TPSA) is 82.8 Å². The van der Waals surface area contributed by atoms with E-state index in [1.807, 2.05) is 6.07 Å². The fourth-order valence-corrected chi connectivity index (χ4v) is 2.32. The van der Waals surface area contributed by atoms with Gasteiger partial charge in [0.05, 0.1) is 6.07 Å². The molecule has 0 aliphatic rings. The molecule has 0 saturated carbocycles. The Hall–Kier alpha value is -2.23. The van der Waals surface area contributed by atoms with Gasteiger partial charge in [0.1, 0.15) is 5.92 Å². The summed E-state index contributed by atoms with van der Waals surface area (Å²) in [6.45, 7) is 0. The van der Waals surface area contributed by atoms with Gasteiger partial charge in [0.2, 0.25) is 5.78 Å². The zero-order chi connectivity index (χ0) is 14.5. The van der Waals surface area contributed by atoms with Crippen LogP contribution < -0.4 is 5.32 Å². The minimum Gasteiger partial charge on any atom is -0.295 e. The van der Waals surface area contributed by atoms with Gasteiger partial charge < -0.3 is 0 Å². The maximum atomic E-state index is 12.0. The molecule has 1 atom stereocenters. The number of anilines is 1. The average molecular weight is 306 g/mol. The van der Waals surface area contributed by atoms with E-state index in [1.165, 1.54) is 17.5 Å². The minimum absolute atomic E-state index is 0.273. The molecule has 1 unspecified atom stereocenters. The first kappa shape index (κ1) is 14.2. The molecule has 1 N–H and O–H groups in total. The third kappa shape index (κ3) is 3.02. The molecule has 0 radical (unpaired) electrons. The lowest BCUT2D eigenvalue weighted by atomic mass is 9.95. The van der Waals surface area contributed by atoms with Crippen molar-refractivity contribution in [2.45, 2.75) is 5.92 Å². The Labute approximate surface area is 123 Å². The van der Waals surface area contributed by atoms with E-state index in [0.717, 1.165) is 0 Å². The molecule has 20 heavy (non-hydrogen) atoms. The fraction of sp³-hybridized carbons (Fsp3) is 0.0769. The maximum absolute atomic E-state index is 12.0. The lowest BCUT2D eigenvalue weighted by Gasteiger charge is -2.09. The van der Waals surface area contributed by atoms with Crippen LogP contribution in [0.2, 0.25) is 5.02 Å². The van der Waals surface area contributed by atoms with Crippen LogP contribution in [-0.4, -0.2) is 16.7 Å². The molecular weight excluding hydrogens is 298 g/mol. The zero-order valence-electron chi connectivity index (χ0n) is 10.0. The van der Waals surface area contributed by atoms with Crippen LogP contribution in [0, 0.1) is 11.3 Å². The van der Waals surface area contributed by atoms with Crippen molar-refractivity contribution in [2.24, 2.45) is 0 Å². The average Bonchev–Trinajstić information content (AvgIpc) is 2.94. The number of nitrogens with zero attached hydrogens (tertiary/aromatic N) is 2. The molecule has 1 heterocycles. The van der Waals surface area contributed by atoms with Crippen molar-refractivity contribution >= 4 is 39.8 Å². The molecule has 100 valence electrons. The number of nitriles is 1. The SMILES string of the molecule is N#CC(C(=O)C(=O)Nc1nccs1)c1ccccc1Cl. The van der Waals surface area contributed by atoms with Gasteiger partial charge in [0.25, 0.3) is 5.91 Å². The summed E-state index contributed by atoms with van der Waals surface area (Å²) in [6.07, 6.45) is 1.50. The lowest BCUT2D eigenvalue weighted by molar-refractivity contribution is -0.135. The van der Waals surface area contributed by atoms with Crippen LogP contribution >= 0.6 is 22.9 Å². The van der Waals surface area contributed by atoms with E-state index in [-0.39, 0.29) is 5.02 Å². The molecule has 1 amide bonds. The Bertz CT molecular complexity index is 679. The number of carbonyl (C=O) groups excluding carboxylic acids is 2. The lowest BCUT2D eigenvalue weighted by Crippen LogP contribution is -2.27. The van der Waals surface area contributed by atoms with Crippen molar-refractivity contribution in [3.63, 3.8) is 0 Å². The molecule has 0 aliphatic carbocycles. The Kier molecular flexibility index (Phi) is 4.45. The van der Waals surface area contributed by atoms with Crippen LogP contribution in [0.3, 0.4) is 0 Å². The molecular formula is C13H8ClN3O2S. The van der Waals surface area contributed by atoms with Gasteiger partial charge in [0, 0.05) is 16.6 Å². The number of nitrogens with one attached hydrogen (secondary N) is 1. The Balaban J connectivity index is 2.20. The molecule has 2 rings (SSSR count). The molecule has 7 heteroatoms. The molecule has 2 aromatic rings. The third-order valence-corrected chi connectivity index (χ3v) is 3.52. The van der Waals surface area contributed by atoms with Crippen LogP contribution in [0.4, 0.5) is 5.13 Å². The highest BCUT2D eigenvalue weighted by molar-refractivity contribution is 7.13. The van der Waals surface area contributed by atoms with Crippen molar-refractivity contribution < 1.29 is 9.59 Å². The number of rotatable bonds is 4. The smallest absolute Gasteiger partial charge is 0.295 e. The molecule has 0 aliphatic heterocycles. The molecule has 5 nitrogen and oxygen atoms in total. The number of hydrogen-bond donors (Lipinski definition) is 1. The second-order valence-corrected chi connectivity index (χ2v) is 5.04. The van der Waals surface area contributed by atoms with E-state index in [1.54, 1.807) is 29.6 Å². The van der Waals surface area contributed by atoms with Crippen molar-refractivity contribution in [3.05, 3.63) is 46.4 Å². The van der Waals surface area contributed by atoms with Gasteiger partial charge >= 0.3 is 0 Å². The first-order valence-corrected chi connectivity index (χ1v) is 6.78. The Morgan fingerprint density at radius 1 is 1.40 bits per heavy atom. The summed E-state index contributed by atoms with van der Waals surface area (Å²) in [4.78, 5) is 27.7. The Morgan fingerprint density at radius 2 is 2.15 bits per heavy atom. The summed E-state index contributed by atoms with van der Waals surface area (Å²) in [6, 6.07) is 8.25. The number of hydrogen-bond acceptors (Lipinski definition) is 5. The number of thiazole rings is 1. The molecule has 0 fully saturated rings. The van der Waals surface area contributed by atoms with E-state index >= 15 is 0 Å². The van der Waals surface area contributed by atoms with Crippen molar-refractivity contribution in [2.75, 3.05) is 5.32 Å². The molecule has 0 bridgehead atoms. The molecule has 1 aromatic heterocycles. The van der Waals surface area contributed by atoms with E-state index in [0.29, 0.717) is 10.7 Å². The van der Waals surface area contributed by atoms with Gasteiger partial charge in [-0.25, -0.2) is 4.98 Å². The summed E-state index contributed by atoms with van der Waals surface area (Å²) in [7, 11) is 0. The monoisotopic (exact) mass is 305 g/mol. The number of Topliss-reactive ketones (excluding diaryl/α,β-unsaturated/α-hetero) is 1. The first-order valence-electron chi connectivity index (χ1n) is 5.52. The van der Waals surface area contributed by atoms with E-state index in [4.69, 9.17) is 16.9 Å². The summed E-state index contributed by atoms with van der Waals surface area (Å²) >= 11 is 7.13. The zero-order valence-corrected chi connectivity index (χ0v) is 11.6. The van der Waals surface area contributed by atoms with E-state index in [9.17, 15) is 9.59 Å². The van der Waals surface area contributed by atoms with Gasteiger partial charge in [-0.3, -0.25) is 14.9 Å². The summed E-state index contributed by atoms with van der Waals surface area (Å²) in [5.41, 5.74) is 0.316. The van der Waals surface area contributed by atoms with Crippen LogP contribution in [0.15, 0.2) is 35.8 Å². The van der Waals surface area contributed by atoms with Crippen molar-refractivity contribution in [1.29, 1.82) is 5.26 Å². The van der Waals surface area contributed by atoms with Crippen molar-refractivity contribution in [1.82, 2.24) is 4.98 Å². The van der Waals surface area contributed by atoms with Crippen molar-refractivity contribution in [3.8, 4) is 6.07 Å². The summed E-state index contributed by atoms with van der Waals surface area (Å²) in [5.74, 6) is -2.98. The number of benzene rings is 1. The maximum Gasteiger partial charge on any atom is 0.295 e. The van der Waals surface area contributed by atoms with Gasteiger partial charge in [0.15, 0.2) is 5.13 Å². The van der Waals surface area contributed by atoms with E-state index < -0.39 is 17.6 Å². The van der Waals surface area contributed by atoms with E-state index in [2.05, 4.69) is 10.3 Å². The summed E-state index contributed by atoms with van der Waals surface area (Å²) < 4.78 is 0. The number of ketones is 1. The van der Waals surface area contributed by atoms with Gasteiger partial charge in [-0.15, -0.1) is 11.3 Å². The number of aromatic nitrogens is 1. The largest absolute Gasteiger partial charge is 0.295 e. The quantitative estimate of drug-likeness (QED) is 0.880. The number of carbonyl (C=O) groups is 2. The predicted molar refractivity (Wildman–Crippen MR) is 75.6 cm³/mol.